The average Bonchev–Trinajstić information content (AvgIpc) is 2.87. The number of nitrogens with zero attached hydrogens (tertiary/aromatic N) is 4. The van der Waals surface area contributed by atoms with Crippen LogP contribution in [0, 0.1) is 11.7 Å². The van der Waals surface area contributed by atoms with E-state index in [-0.39, 0.29) is 23.8 Å². The van der Waals surface area contributed by atoms with Gasteiger partial charge in [0.05, 0.1) is 42.0 Å². The molecule has 9 nitrogen and oxygen atoms in total. The predicted molar refractivity (Wildman–Crippen MR) is 128 cm³/mol. The Morgan fingerprint density at radius 1 is 1.23 bits per heavy atom. The van der Waals surface area contributed by atoms with Gasteiger partial charge in [0.2, 0.25) is 5.91 Å². The van der Waals surface area contributed by atoms with Crippen LogP contribution in [-0.4, -0.2) is 38.0 Å². The van der Waals surface area contributed by atoms with Crippen molar-refractivity contribution in [2.24, 2.45) is 13.0 Å². The topological polar surface area (TPSA) is 111 Å². The van der Waals surface area contributed by atoms with Gasteiger partial charge in [0.1, 0.15) is 10.5 Å². The predicted octanol–water partition coefficient (Wildman–Crippen LogP) is 3.53. The van der Waals surface area contributed by atoms with Crippen LogP contribution in [0.2, 0.25) is 0 Å². The molecule has 2 N–H and O–H groups in total. The van der Waals surface area contributed by atoms with Crippen LogP contribution >= 0.6 is 11.8 Å². The zero-order chi connectivity index (χ0) is 24.8. The number of halogens is 2. The van der Waals surface area contributed by atoms with E-state index in [9.17, 15) is 18.5 Å². The highest BCUT2D eigenvalue weighted by molar-refractivity contribution is 8.00. The lowest BCUT2D eigenvalue weighted by atomic mass is 9.90. The molecule has 0 unspecified atom stereocenters. The molecule has 0 bridgehead atoms. The van der Waals surface area contributed by atoms with Crippen molar-refractivity contribution in [1.82, 2.24) is 25.3 Å². The number of anilines is 1. The van der Waals surface area contributed by atoms with E-state index in [1.807, 2.05) is 0 Å². The van der Waals surface area contributed by atoms with Crippen molar-refractivity contribution in [3.63, 3.8) is 0 Å². The second kappa shape index (κ2) is 11.5. The van der Waals surface area contributed by atoms with Crippen molar-refractivity contribution in [2.75, 3.05) is 17.7 Å². The Bertz CT molecular complexity index is 1270. The zero-order valence-electron chi connectivity index (χ0n) is 19.2. The fourth-order valence-corrected chi connectivity index (χ4v) is 4.78. The first-order valence-corrected chi connectivity index (χ1v) is 12.3. The van der Waals surface area contributed by atoms with Gasteiger partial charge >= 0.3 is 0 Å². The summed E-state index contributed by atoms with van der Waals surface area (Å²) in [6, 6.07) is 4.64. The maximum atomic E-state index is 14.1. The van der Waals surface area contributed by atoms with Crippen molar-refractivity contribution in [3.05, 3.63) is 46.3 Å². The SMILES string of the molecule is Cn1c(=O)ccc2ncc(F)c(OCC3CCCCC3)c21.O=C1CSc2nnc(CNF)cc2N1. The Hall–Kier alpha value is -3.12. The first-order valence-electron chi connectivity index (χ1n) is 11.4. The molecule has 3 aromatic rings. The number of hydrogen-bond acceptors (Lipinski definition) is 8. The number of ether oxygens (including phenoxy) is 1. The van der Waals surface area contributed by atoms with Gasteiger partial charge in [-0.25, -0.2) is 4.39 Å². The number of amides is 1. The quantitative estimate of drug-likeness (QED) is 0.508. The molecule has 12 heteroatoms. The Labute approximate surface area is 204 Å². The van der Waals surface area contributed by atoms with Gasteiger partial charge in [-0.1, -0.05) is 31.0 Å². The second-order valence-electron chi connectivity index (χ2n) is 8.42. The van der Waals surface area contributed by atoms with Crippen molar-refractivity contribution in [1.29, 1.82) is 0 Å². The summed E-state index contributed by atoms with van der Waals surface area (Å²) in [6.07, 6.45) is 7.12. The molecule has 0 radical (unpaired) electrons. The van der Waals surface area contributed by atoms with Gasteiger partial charge in [-0.2, -0.15) is 10.6 Å². The fraction of sp³-hybridized carbons (Fsp3) is 0.435. The monoisotopic (exact) mass is 504 g/mol. The molecule has 35 heavy (non-hydrogen) atoms. The minimum Gasteiger partial charge on any atom is -0.488 e. The van der Waals surface area contributed by atoms with E-state index >= 15 is 0 Å². The first kappa shape index (κ1) is 25.0. The van der Waals surface area contributed by atoms with Gasteiger partial charge in [0, 0.05) is 13.1 Å². The minimum absolute atomic E-state index is 0.0131. The van der Waals surface area contributed by atoms with E-state index in [0.717, 1.165) is 19.0 Å². The van der Waals surface area contributed by atoms with Crippen LogP contribution < -0.4 is 21.2 Å². The van der Waals surface area contributed by atoms with Crippen LogP contribution in [0.3, 0.4) is 0 Å². The molecule has 2 aliphatic rings. The van der Waals surface area contributed by atoms with Crippen molar-refractivity contribution < 1.29 is 18.4 Å². The largest absolute Gasteiger partial charge is 0.488 e. The summed E-state index contributed by atoms with van der Waals surface area (Å²) in [4.78, 5) is 26.8. The van der Waals surface area contributed by atoms with Crippen LogP contribution in [0.5, 0.6) is 5.75 Å². The van der Waals surface area contributed by atoms with Crippen LogP contribution in [0.4, 0.5) is 14.6 Å². The standard InChI is InChI=1S/C16H19FN2O2.C7H7FN4OS/c1-19-14(20)8-7-13-15(19)16(12(17)9-18-13)21-10-11-5-3-2-4-6-11;8-9-2-4-1-5-7(12-11-4)14-3-6(13)10-5/h7-9,11H,2-6,10H2,1H3;1,9H,2-3H2,(H,10,13). The summed E-state index contributed by atoms with van der Waals surface area (Å²) in [7, 11) is 1.61. The third-order valence-corrected chi connectivity index (χ3v) is 6.88. The van der Waals surface area contributed by atoms with Crippen molar-refractivity contribution in [3.8, 4) is 5.75 Å². The summed E-state index contributed by atoms with van der Waals surface area (Å²) < 4.78 is 33.0. The molecule has 0 atom stereocenters. The number of rotatable bonds is 5. The number of aromatic nitrogens is 4. The highest BCUT2D eigenvalue weighted by atomic mass is 32.2. The van der Waals surface area contributed by atoms with E-state index < -0.39 is 5.82 Å². The zero-order valence-corrected chi connectivity index (χ0v) is 20.0. The number of carbonyl (C=O) groups is 1. The van der Waals surface area contributed by atoms with Crippen LogP contribution in [0.15, 0.2) is 34.2 Å². The summed E-state index contributed by atoms with van der Waals surface area (Å²) in [5, 5.41) is 11.0. The van der Waals surface area contributed by atoms with Crippen LogP contribution in [-0.2, 0) is 18.4 Å². The molecular formula is C23H26F2N6O3S. The Kier molecular flexibility index (Phi) is 8.24. The molecule has 1 saturated carbocycles. The molecule has 186 valence electrons. The molecular weight excluding hydrogens is 478 g/mol. The van der Waals surface area contributed by atoms with Crippen molar-refractivity contribution in [2.45, 2.75) is 43.7 Å². The number of carbonyl (C=O) groups excluding carboxylic acids is 1. The van der Waals surface area contributed by atoms with Crippen LogP contribution in [0.25, 0.3) is 11.0 Å². The fourth-order valence-electron chi connectivity index (χ4n) is 4.08. The molecule has 4 heterocycles. The lowest BCUT2D eigenvalue weighted by Crippen LogP contribution is -2.20. The molecule has 0 saturated heterocycles. The smallest absolute Gasteiger partial charge is 0.250 e. The Morgan fingerprint density at radius 2 is 2.03 bits per heavy atom. The lowest BCUT2D eigenvalue weighted by Gasteiger charge is -2.22. The molecule has 1 amide bonds. The summed E-state index contributed by atoms with van der Waals surface area (Å²) in [5.74, 6) is 0.379. The van der Waals surface area contributed by atoms with Gasteiger partial charge in [-0.15, -0.1) is 9.58 Å². The number of pyridine rings is 2. The molecule has 1 aliphatic carbocycles. The summed E-state index contributed by atoms with van der Waals surface area (Å²) in [6.45, 7) is 0.486. The minimum atomic E-state index is -0.514. The Morgan fingerprint density at radius 3 is 2.80 bits per heavy atom. The van der Waals surface area contributed by atoms with Gasteiger partial charge in [0.25, 0.3) is 5.56 Å². The van der Waals surface area contributed by atoms with E-state index in [2.05, 4.69) is 20.5 Å². The lowest BCUT2D eigenvalue weighted by molar-refractivity contribution is -0.113. The third kappa shape index (κ3) is 6.12. The normalized spacial score (nSPS) is 15.7. The molecule has 0 aromatic carbocycles. The van der Waals surface area contributed by atoms with Gasteiger partial charge in [0.15, 0.2) is 11.6 Å². The van der Waals surface area contributed by atoms with E-state index in [4.69, 9.17) is 4.74 Å². The van der Waals surface area contributed by atoms with E-state index in [0.29, 0.717) is 45.7 Å². The highest BCUT2D eigenvalue weighted by Crippen LogP contribution is 2.30. The molecule has 1 aliphatic heterocycles. The van der Waals surface area contributed by atoms with Gasteiger partial charge < -0.3 is 14.6 Å². The number of nitrogens with one attached hydrogen (secondary N) is 2. The maximum Gasteiger partial charge on any atom is 0.250 e. The van der Waals surface area contributed by atoms with Gasteiger partial charge in [-0.3, -0.25) is 14.6 Å². The molecule has 3 aromatic heterocycles. The van der Waals surface area contributed by atoms with E-state index in [1.54, 1.807) is 19.2 Å². The molecule has 1 fully saturated rings. The molecule has 0 spiro atoms. The number of aryl methyl sites for hydroxylation is 1. The number of fused-ring (bicyclic) bond motifs is 2. The third-order valence-electron chi connectivity index (χ3n) is 5.90. The van der Waals surface area contributed by atoms with Gasteiger partial charge in [-0.05, 0) is 30.9 Å². The highest BCUT2D eigenvalue weighted by Gasteiger charge is 2.19. The number of thioether (sulfide) groups is 1. The van der Waals surface area contributed by atoms with Crippen molar-refractivity contribution >= 4 is 34.4 Å². The second-order valence-corrected chi connectivity index (χ2v) is 9.38. The first-order chi connectivity index (χ1) is 17.0. The van der Waals surface area contributed by atoms with E-state index in [1.165, 1.54) is 47.2 Å². The summed E-state index contributed by atoms with van der Waals surface area (Å²) in [5.41, 5.74) is 3.34. The molecule has 5 rings (SSSR count). The Balaban J connectivity index is 0.000000179. The average molecular weight is 505 g/mol. The summed E-state index contributed by atoms with van der Waals surface area (Å²) >= 11 is 1.32. The van der Waals surface area contributed by atoms with Crippen LogP contribution in [0.1, 0.15) is 37.8 Å². The maximum absolute atomic E-state index is 14.1. The number of hydrogen-bond donors (Lipinski definition) is 2.